The molecule has 0 saturated carbocycles. The number of benzene rings is 6. The monoisotopic (exact) mass is 591 g/mol. The summed E-state index contributed by atoms with van der Waals surface area (Å²) in [5.41, 5.74) is 18.7. The van der Waals surface area contributed by atoms with Crippen molar-refractivity contribution in [1.82, 2.24) is 4.57 Å². The third kappa shape index (κ3) is 3.77. The Hall–Kier alpha value is -4.82. The van der Waals surface area contributed by atoms with Gasteiger partial charge in [-0.15, -0.1) is 0 Å². The predicted octanol–water partition coefficient (Wildman–Crippen LogP) is 9.52. The van der Waals surface area contributed by atoms with Gasteiger partial charge in [0, 0.05) is 22.0 Å². The van der Waals surface area contributed by atoms with Crippen LogP contribution in [-0.4, -0.2) is 11.3 Å². The smallest absolute Gasteiger partial charge is 0.248 e. The van der Waals surface area contributed by atoms with Crippen LogP contribution in [0.3, 0.4) is 0 Å². The maximum Gasteiger partial charge on any atom is 0.248 e. The summed E-state index contributed by atoms with van der Waals surface area (Å²) in [5.74, 6) is 0. The minimum atomic E-state index is -0.00221. The highest BCUT2D eigenvalue weighted by molar-refractivity contribution is 6.99. The topological polar surface area (TPSA) is 4.93 Å². The molecule has 0 spiro atoms. The Balaban J connectivity index is 1.53. The lowest BCUT2D eigenvalue weighted by atomic mass is 9.33. The summed E-state index contributed by atoms with van der Waals surface area (Å²) in [6.45, 7) is 14.1. The molecular formula is C44H38BN. The fraction of sp³-hybridized carbons (Fsp3) is 0.182. The molecule has 46 heavy (non-hydrogen) atoms. The van der Waals surface area contributed by atoms with Crippen molar-refractivity contribution in [2.45, 2.75) is 52.4 Å². The lowest BCUT2D eigenvalue weighted by Gasteiger charge is -2.31. The van der Waals surface area contributed by atoms with Crippen molar-refractivity contribution in [2.75, 3.05) is 0 Å². The first kappa shape index (κ1) is 27.5. The van der Waals surface area contributed by atoms with Gasteiger partial charge in [-0.3, -0.25) is 0 Å². The SMILES string of the molecule is CC(C)(C)c1ccc2c(c1)c1cc(C(C)(C)C)cc3c1n2-c1cccc2c1B3c1ccccc1-c1ccccc1-c1ccccc1-2. The van der Waals surface area contributed by atoms with Gasteiger partial charge in [0.25, 0.3) is 0 Å². The van der Waals surface area contributed by atoms with Gasteiger partial charge < -0.3 is 4.57 Å². The lowest BCUT2D eigenvalue weighted by molar-refractivity contribution is 0.590. The maximum atomic E-state index is 2.59. The highest BCUT2D eigenvalue weighted by Crippen LogP contribution is 2.43. The zero-order valence-electron chi connectivity index (χ0n) is 27.6. The quantitative estimate of drug-likeness (QED) is 0.155. The molecule has 0 unspecified atom stereocenters. The molecule has 0 amide bonds. The molecule has 0 saturated heterocycles. The van der Waals surface area contributed by atoms with Gasteiger partial charge in [-0.1, -0.05) is 144 Å². The van der Waals surface area contributed by atoms with E-state index in [-0.39, 0.29) is 17.5 Å². The molecule has 3 heterocycles. The summed E-state index contributed by atoms with van der Waals surface area (Å²) >= 11 is 0. The molecule has 2 aliphatic heterocycles. The largest absolute Gasteiger partial charge is 0.310 e. The molecule has 0 radical (unpaired) electrons. The summed E-state index contributed by atoms with van der Waals surface area (Å²) in [5, 5.41) is 2.70. The van der Waals surface area contributed by atoms with Gasteiger partial charge >= 0.3 is 0 Å². The summed E-state index contributed by atoms with van der Waals surface area (Å²) in [6.07, 6.45) is 0. The second-order valence-corrected chi connectivity index (χ2v) is 15.4. The van der Waals surface area contributed by atoms with Crippen molar-refractivity contribution in [3.8, 4) is 39.1 Å². The Morgan fingerprint density at radius 3 is 1.65 bits per heavy atom. The Bertz CT molecular complexity index is 2390. The van der Waals surface area contributed by atoms with E-state index in [2.05, 4.69) is 167 Å². The Morgan fingerprint density at radius 1 is 0.457 bits per heavy atom. The first-order chi connectivity index (χ1) is 22.1. The van der Waals surface area contributed by atoms with E-state index in [9.17, 15) is 0 Å². The number of fused-ring (bicyclic) bond motifs is 12. The highest BCUT2D eigenvalue weighted by atomic mass is 15.0. The Kier molecular flexibility index (Phi) is 5.59. The zero-order chi connectivity index (χ0) is 31.5. The van der Waals surface area contributed by atoms with Crippen LogP contribution in [-0.2, 0) is 10.8 Å². The van der Waals surface area contributed by atoms with Crippen LogP contribution in [0.15, 0.2) is 121 Å². The molecule has 1 aromatic heterocycles. The first-order valence-corrected chi connectivity index (χ1v) is 16.7. The van der Waals surface area contributed by atoms with Crippen LogP contribution >= 0.6 is 0 Å². The molecule has 222 valence electrons. The summed E-state index contributed by atoms with van der Waals surface area (Å²) < 4.78 is 2.59. The highest BCUT2D eigenvalue weighted by Gasteiger charge is 2.39. The minimum absolute atomic E-state index is 0.00221. The van der Waals surface area contributed by atoms with E-state index in [1.807, 2.05) is 0 Å². The van der Waals surface area contributed by atoms with Crippen LogP contribution in [0.25, 0.3) is 60.9 Å². The molecule has 0 fully saturated rings. The zero-order valence-corrected chi connectivity index (χ0v) is 27.6. The van der Waals surface area contributed by atoms with Crippen molar-refractivity contribution < 1.29 is 0 Å². The van der Waals surface area contributed by atoms with Crippen LogP contribution in [0.5, 0.6) is 0 Å². The fourth-order valence-corrected chi connectivity index (χ4v) is 8.21. The molecule has 0 atom stereocenters. The number of hydrogen-bond acceptors (Lipinski definition) is 0. The van der Waals surface area contributed by atoms with E-state index >= 15 is 0 Å². The standard InChI is InChI=1S/C44H38BN/c1-43(2,3)27-22-23-39-35(24-27)36-25-28(44(4,5)6)26-38-42(36)46(39)40-21-13-19-34-32-17-10-8-15-30(32)29-14-7-9-16-31(29)33-18-11-12-20-37(33)45(38)41(34)40/h7-26H,1-6H3. The number of nitrogens with zero attached hydrogens (tertiary/aromatic N) is 1. The minimum Gasteiger partial charge on any atom is -0.310 e. The average molecular weight is 592 g/mol. The Labute approximate surface area is 272 Å². The van der Waals surface area contributed by atoms with Gasteiger partial charge in [0.05, 0.1) is 5.52 Å². The van der Waals surface area contributed by atoms with Crippen LogP contribution in [0, 0.1) is 0 Å². The molecule has 0 bridgehead atoms. The van der Waals surface area contributed by atoms with Gasteiger partial charge in [0.2, 0.25) is 6.71 Å². The van der Waals surface area contributed by atoms with Gasteiger partial charge in [0.1, 0.15) is 0 Å². The van der Waals surface area contributed by atoms with Crippen molar-refractivity contribution in [2.24, 2.45) is 0 Å². The van der Waals surface area contributed by atoms with E-state index in [0.717, 1.165) is 0 Å². The number of aromatic nitrogens is 1. The molecular weight excluding hydrogens is 553 g/mol. The number of rotatable bonds is 0. The maximum absolute atomic E-state index is 2.59. The molecule has 2 aliphatic rings. The van der Waals surface area contributed by atoms with Crippen LogP contribution in [0.2, 0.25) is 0 Å². The second-order valence-electron chi connectivity index (χ2n) is 15.4. The summed E-state index contributed by atoms with van der Waals surface area (Å²) in [6, 6.07) is 46.4. The van der Waals surface area contributed by atoms with Gasteiger partial charge in [-0.25, -0.2) is 0 Å². The lowest BCUT2D eigenvalue weighted by Crippen LogP contribution is -2.57. The van der Waals surface area contributed by atoms with E-state index in [1.165, 1.54) is 88.4 Å². The normalized spacial score (nSPS) is 13.4. The van der Waals surface area contributed by atoms with Gasteiger partial charge in [0.15, 0.2) is 0 Å². The van der Waals surface area contributed by atoms with Crippen LogP contribution in [0.1, 0.15) is 52.7 Å². The van der Waals surface area contributed by atoms with Crippen molar-refractivity contribution >= 4 is 44.9 Å². The Morgan fingerprint density at radius 2 is 1.00 bits per heavy atom. The third-order valence-corrected chi connectivity index (χ3v) is 10.5. The van der Waals surface area contributed by atoms with Gasteiger partial charge in [-0.2, -0.15) is 0 Å². The van der Waals surface area contributed by atoms with Crippen LogP contribution in [0.4, 0.5) is 0 Å². The molecule has 9 rings (SSSR count). The van der Waals surface area contributed by atoms with E-state index in [0.29, 0.717) is 0 Å². The van der Waals surface area contributed by atoms with Crippen LogP contribution < -0.4 is 16.4 Å². The second kappa shape index (κ2) is 9.36. The van der Waals surface area contributed by atoms with Gasteiger partial charge in [-0.05, 0) is 90.5 Å². The predicted molar refractivity (Wildman–Crippen MR) is 199 cm³/mol. The molecule has 1 nitrogen and oxygen atoms in total. The van der Waals surface area contributed by atoms with Crippen molar-refractivity contribution in [3.05, 3.63) is 132 Å². The van der Waals surface area contributed by atoms with E-state index < -0.39 is 0 Å². The molecule has 6 aromatic carbocycles. The molecule has 7 aromatic rings. The van der Waals surface area contributed by atoms with Crippen molar-refractivity contribution in [1.29, 1.82) is 0 Å². The third-order valence-electron chi connectivity index (χ3n) is 10.5. The average Bonchev–Trinajstić information content (AvgIpc) is 3.40. The van der Waals surface area contributed by atoms with E-state index in [1.54, 1.807) is 0 Å². The fourth-order valence-electron chi connectivity index (χ4n) is 8.21. The van der Waals surface area contributed by atoms with E-state index in [4.69, 9.17) is 0 Å². The number of hydrogen-bond donors (Lipinski definition) is 0. The molecule has 0 N–H and O–H groups in total. The molecule has 2 heteroatoms. The molecule has 0 aliphatic carbocycles. The summed E-state index contributed by atoms with van der Waals surface area (Å²) in [4.78, 5) is 0. The van der Waals surface area contributed by atoms with Crippen molar-refractivity contribution in [3.63, 3.8) is 0 Å². The summed E-state index contributed by atoms with van der Waals surface area (Å²) in [7, 11) is 0. The first-order valence-electron chi connectivity index (χ1n) is 16.7.